The summed E-state index contributed by atoms with van der Waals surface area (Å²) in [7, 11) is -3.23. The molecule has 6 nitrogen and oxygen atoms in total. The molecular weight excluding hydrogens is 541 g/mol. The minimum absolute atomic E-state index is 0.175. The molecule has 0 atom stereocenters. The Bertz CT molecular complexity index is 1630. The van der Waals surface area contributed by atoms with Gasteiger partial charge in [-0.25, -0.2) is 18.4 Å². The molecule has 194 valence electrons. The summed E-state index contributed by atoms with van der Waals surface area (Å²) >= 11 is 12.9. The average Bonchev–Trinajstić information content (AvgIpc) is 2.86. The Morgan fingerprint density at radius 1 is 1.00 bits per heavy atom. The summed E-state index contributed by atoms with van der Waals surface area (Å²) in [4.78, 5) is 8.28. The lowest BCUT2D eigenvalue weighted by Crippen LogP contribution is -2.19. The normalized spacial score (nSPS) is 11.7. The summed E-state index contributed by atoms with van der Waals surface area (Å²) in [5.41, 5.74) is 3.97. The van der Waals surface area contributed by atoms with Crippen molar-refractivity contribution >= 4 is 33.0 Å². The van der Waals surface area contributed by atoms with Crippen LogP contribution in [0.3, 0.4) is 0 Å². The first-order chi connectivity index (χ1) is 18.0. The fourth-order valence-electron chi connectivity index (χ4n) is 4.11. The van der Waals surface area contributed by atoms with Crippen molar-refractivity contribution in [3.63, 3.8) is 0 Å². The van der Waals surface area contributed by atoms with Crippen LogP contribution in [-0.2, 0) is 27.6 Å². The number of benzene rings is 3. The quantitative estimate of drug-likeness (QED) is 0.234. The van der Waals surface area contributed by atoms with Crippen molar-refractivity contribution in [1.29, 1.82) is 5.26 Å². The van der Waals surface area contributed by atoms with Crippen LogP contribution in [0.25, 0.3) is 11.1 Å². The standard InChI is InChI=1S/C29H25Cl2N3O3S/c1-29(2,22-13-20(16-32)28(26(31)15-22)19-5-4-6-23(30)14-19)21-7-9-25(10-8-21)37-17-24-11-12-33-27(34-24)18-38(3,35)36/h4-15H,17-18H2,1-3H3. The van der Waals surface area contributed by atoms with Crippen molar-refractivity contribution in [1.82, 2.24) is 9.97 Å². The molecule has 0 saturated carbocycles. The molecule has 0 N–H and O–H groups in total. The van der Waals surface area contributed by atoms with Crippen molar-refractivity contribution in [3.05, 3.63) is 111 Å². The van der Waals surface area contributed by atoms with Gasteiger partial charge in [0.1, 0.15) is 23.9 Å². The SMILES string of the molecule is CC(C)(c1ccc(OCc2ccnc(CS(C)(=O)=O)n2)cc1)c1cc(Cl)c(-c2cccc(Cl)c2)c(C#N)c1. The Balaban J connectivity index is 1.54. The highest BCUT2D eigenvalue weighted by atomic mass is 35.5. The maximum atomic E-state index is 11.5. The molecule has 0 amide bonds. The Morgan fingerprint density at radius 2 is 1.74 bits per heavy atom. The number of aromatic nitrogens is 2. The summed E-state index contributed by atoms with van der Waals surface area (Å²) < 4.78 is 28.9. The highest BCUT2D eigenvalue weighted by Gasteiger charge is 2.26. The van der Waals surface area contributed by atoms with E-state index in [9.17, 15) is 13.7 Å². The van der Waals surface area contributed by atoms with Gasteiger partial charge in [0.05, 0.1) is 22.3 Å². The van der Waals surface area contributed by atoms with Gasteiger partial charge in [0.2, 0.25) is 0 Å². The smallest absolute Gasteiger partial charge is 0.154 e. The van der Waals surface area contributed by atoms with Crippen LogP contribution in [-0.4, -0.2) is 24.6 Å². The second-order valence-electron chi connectivity index (χ2n) is 9.48. The van der Waals surface area contributed by atoms with E-state index in [-0.39, 0.29) is 18.2 Å². The molecule has 38 heavy (non-hydrogen) atoms. The van der Waals surface area contributed by atoms with E-state index in [1.807, 2.05) is 48.5 Å². The molecule has 0 aliphatic heterocycles. The van der Waals surface area contributed by atoms with Gasteiger partial charge in [-0.1, -0.05) is 61.3 Å². The molecule has 0 aliphatic rings. The molecular formula is C29H25Cl2N3O3S. The zero-order valence-electron chi connectivity index (χ0n) is 21.1. The third-order valence-electron chi connectivity index (χ3n) is 6.16. The molecule has 3 aromatic carbocycles. The zero-order valence-corrected chi connectivity index (χ0v) is 23.4. The monoisotopic (exact) mass is 565 g/mol. The molecule has 1 aromatic heterocycles. The molecule has 0 saturated heterocycles. The first-order valence-electron chi connectivity index (χ1n) is 11.7. The lowest BCUT2D eigenvalue weighted by molar-refractivity contribution is 0.300. The van der Waals surface area contributed by atoms with Crippen LogP contribution < -0.4 is 4.74 Å². The number of hydrogen-bond acceptors (Lipinski definition) is 6. The molecule has 0 bridgehead atoms. The summed E-state index contributed by atoms with van der Waals surface area (Å²) in [6, 6.07) is 22.7. The number of nitriles is 1. The Hall–Kier alpha value is -3.44. The molecule has 0 aliphatic carbocycles. The summed E-state index contributed by atoms with van der Waals surface area (Å²) in [6.45, 7) is 4.31. The van der Waals surface area contributed by atoms with Gasteiger partial charge in [-0.15, -0.1) is 0 Å². The van der Waals surface area contributed by atoms with E-state index in [1.165, 1.54) is 6.20 Å². The van der Waals surface area contributed by atoms with Gasteiger partial charge in [-0.05, 0) is 59.2 Å². The van der Waals surface area contributed by atoms with Crippen LogP contribution in [0.15, 0.2) is 72.9 Å². The second kappa shape index (κ2) is 11.1. The third-order valence-corrected chi connectivity index (χ3v) is 7.48. The van der Waals surface area contributed by atoms with Crippen LogP contribution in [0, 0.1) is 11.3 Å². The van der Waals surface area contributed by atoms with E-state index in [2.05, 4.69) is 29.9 Å². The van der Waals surface area contributed by atoms with Crippen molar-refractivity contribution in [3.8, 4) is 22.9 Å². The molecule has 4 rings (SSSR count). The topological polar surface area (TPSA) is 92.9 Å². The van der Waals surface area contributed by atoms with Crippen molar-refractivity contribution < 1.29 is 13.2 Å². The largest absolute Gasteiger partial charge is 0.487 e. The van der Waals surface area contributed by atoms with Crippen LogP contribution in [0.5, 0.6) is 5.75 Å². The van der Waals surface area contributed by atoms with Crippen molar-refractivity contribution in [2.24, 2.45) is 0 Å². The maximum absolute atomic E-state index is 11.5. The number of sulfone groups is 1. The Kier molecular flexibility index (Phi) is 8.08. The van der Waals surface area contributed by atoms with E-state index < -0.39 is 15.3 Å². The number of ether oxygens (including phenoxy) is 1. The van der Waals surface area contributed by atoms with Gasteiger partial charge in [-0.3, -0.25) is 0 Å². The van der Waals surface area contributed by atoms with E-state index >= 15 is 0 Å². The first kappa shape index (κ1) is 27.6. The van der Waals surface area contributed by atoms with Gasteiger partial charge < -0.3 is 4.74 Å². The Morgan fingerprint density at radius 3 is 2.39 bits per heavy atom. The van der Waals surface area contributed by atoms with Gasteiger partial charge in [0, 0.05) is 28.5 Å². The second-order valence-corrected chi connectivity index (χ2v) is 12.5. The first-order valence-corrected chi connectivity index (χ1v) is 14.5. The lowest BCUT2D eigenvalue weighted by Gasteiger charge is -2.27. The summed E-state index contributed by atoms with van der Waals surface area (Å²) in [5, 5.41) is 11.0. The van der Waals surface area contributed by atoms with Gasteiger partial charge in [0.25, 0.3) is 0 Å². The highest BCUT2D eigenvalue weighted by molar-refractivity contribution is 7.89. The minimum atomic E-state index is -3.23. The van der Waals surface area contributed by atoms with Gasteiger partial charge >= 0.3 is 0 Å². The van der Waals surface area contributed by atoms with Crippen LogP contribution in [0.1, 0.15) is 42.1 Å². The molecule has 4 aromatic rings. The fourth-order valence-corrected chi connectivity index (χ4v) is 5.24. The van der Waals surface area contributed by atoms with Crippen molar-refractivity contribution in [2.75, 3.05) is 6.26 Å². The lowest BCUT2D eigenvalue weighted by atomic mass is 9.77. The van der Waals surface area contributed by atoms with Crippen molar-refractivity contribution in [2.45, 2.75) is 31.6 Å². The molecule has 0 radical (unpaired) electrons. The number of nitrogens with zero attached hydrogens (tertiary/aromatic N) is 3. The minimum Gasteiger partial charge on any atom is -0.487 e. The molecule has 0 fully saturated rings. The summed E-state index contributed by atoms with van der Waals surface area (Å²) in [6.07, 6.45) is 2.67. The van der Waals surface area contributed by atoms with Gasteiger partial charge in [0.15, 0.2) is 9.84 Å². The fraction of sp³-hybridized carbons (Fsp3) is 0.207. The number of halogens is 2. The Labute approximate surface area is 232 Å². The zero-order chi connectivity index (χ0) is 27.5. The number of hydrogen-bond donors (Lipinski definition) is 0. The van der Waals surface area contributed by atoms with E-state index in [1.54, 1.807) is 18.2 Å². The molecule has 9 heteroatoms. The predicted octanol–water partition coefficient (Wildman–Crippen LogP) is 6.77. The van der Waals surface area contributed by atoms with Gasteiger partial charge in [-0.2, -0.15) is 5.26 Å². The highest BCUT2D eigenvalue weighted by Crippen LogP contribution is 2.39. The van der Waals surface area contributed by atoms with Crippen LogP contribution in [0.2, 0.25) is 10.0 Å². The number of rotatable bonds is 8. The molecule has 1 heterocycles. The average molecular weight is 567 g/mol. The maximum Gasteiger partial charge on any atom is 0.154 e. The molecule has 0 unspecified atom stereocenters. The summed E-state index contributed by atoms with van der Waals surface area (Å²) in [5.74, 6) is 0.657. The van der Waals surface area contributed by atoms with Crippen LogP contribution in [0.4, 0.5) is 0 Å². The molecule has 0 spiro atoms. The van der Waals surface area contributed by atoms with E-state index in [0.29, 0.717) is 32.6 Å². The van der Waals surface area contributed by atoms with E-state index in [0.717, 1.165) is 22.9 Å². The predicted molar refractivity (Wildman–Crippen MR) is 150 cm³/mol. The third kappa shape index (κ3) is 6.51. The van der Waals surface area contributed by atoms with Crippen LogP contribution >= 0.6 is 23.2 Å². The van der Waals surface area contributed by atoms with E-state index in [4.69, 9.17) is 27.9 Å².